The van der Waals surface area contributed by atoms with E-state index < -0.39 is 6.10 Å². The molecule has 2 N–H and O–H groups in total. The molecule has 0 saturated carbocycles. The summed E-state index contributed by atoms with van der Waals surface area (Å²) in [6.45, 7) is 2.54. The van der Waals surface area contributed by atoms with E-state index in [-0.39, 0.29) is 6.04 Å². The summed E-state index contributed by atoms with van der Waals surface area (Å²) < 4.78 is 0. The SMILES string of the molecule is CC(Cc1ccc(C#N)cc1)NCC(O)c1cccc(Cl)c1. The highest BCUT2D eigenvalue weighted by atomic mass is 35.5. The number of nitriles is 1. The Morgan fingerprint density at radius 3 is 2.59 bits per heavy atom. The topological polar surface area (TPSA) is 56.0 Å². The first kappa shape index (κ1) is 16.5. The summed E-state index contributed by atoms with van der Waals surface area (Å²) in [5.74, 6) is 0. The second kappa shape index (κ2) is 7.95. The lowest BCUT2D eigenvalue weighted by Gasteiger charge is -2.17. The molecule has 0 amide bonds. The van der Waals surface area contributed by atoms with Gasteiger partial charge in [0, 0.05) is 17.6 Å². The summed E-state index contributed by atoms with van der Waals surface area (Å²) in [6.07, 6.45) is 0.260. The third-order valence-electron chi connectivity index (χ3n) is 3.52. The van der Waals surface area contributed by atoms with Crippen molar-refractivity contribution in [3.8, 4) is 6.07 Å². The van der Waals surface area contributed by atoms with Gasteiger partial charge in [0.25, 0.3) is 0 Å². The van der Waals surface area contributed by atoms with Gasteiger partial charge in [-0.1, -0.05) is 35.9 Å². The average molecular weight is 315 g/mol. The predicted octanol–water partition coefficient (Wildman–Crippen LogP) is 3.47. The molecular formula is C18H19ClN2O. The number of nitrogens with zero attached hydrogens (tertiary/aromatic N) is 1. The lowest BCUT2D eigenvalue weighted by Crippen LogP contribution is -2.32. The first-order valence-electron chi connectivity index (χ1n) is 7.24. The molecule has 0 aliphatic heterocycles. The van der Waals surface area contributed by atoms with Gasteiger partial charge in [-0.15, -0.1) is 0 Å². The summed E-state index contributed by atoms with van der Waals surface area (Å²) in [6, 6.07) is 17.2. The van der Waals surface area contributed by atoms with Crippen LogP contribution in [0.5, 0.6) is 0 Å². The van der Waals surface area contributed by atoms with Gasteiger partial charge in [-0.2, -0.15) is 5.26 Å². The molecule has 3 nitrogen and oxygen atoms in total. The van der Waals surface area contributed by atoms with Crippen LogP contribution in [0, 0.1) is 11.3 Å². The summed E-state index contributed by atoms with van der Waals surface area (Å²) in [4.78, 5) is 0. The number of hydrogen-bond acceptors (Lipinski definition) is 3. The van der Waals surface area contributed by atoms with Crippen molar-refractivity contribution in [3.05, 3.63) is 70.2 Å². The fourth-order valence-corrected chi connectivity index (χ4v) is 2.48. The molecule has 0 heterocycles. The van der Waals surface area contributed by atoms with Crippen LogP contribution in [0.25, 0.3) is 0 Å². The van der Waals surface area contributed by atoms with Crippen LogP contribution < -0.4 is 5.32 Å². The molecule has 0 aromatic heterocycles. The zero-order valence-corrected chi connectivity index (χ0v) is 13.2. The molecule has 0 bridgehead atoms. The molecular weight excluding hydrogens is 296 g/mol. The molecule has 0 fully saturated rings. The standard InChI is InChI=1S/C18H19ClN2O/c1-13(9-14-5-7-15(11-20)8-6-14)21-12-18(22)16-3-2-4-17(19)10-16/h2-8,10,13,18,21-22H,9,12H2,1H3. The monoisotopic (exact) mass is 314 g/mol. The molecule has 2 atom stereocenters. The Labute approximate surface area is 136 Å². The molecule has 0 radical (unpaired) electrons. The highest BCUT2D eigenvalue weighted by molar-refractivity contribution is 6.30. The van der Waals surface area contributed by atoms with Gasteiger partial charge in [-0.05, 0) is 48.7 Å². The Hall–Kier alpha value is -1.86. The molecule has 2 aromatic carbocycles. The van der Waals surface area contributed by atoms with Crippen LogP contribution in [-0.4, -0.2) is 17.7 Å². The Kier molecular flexibility index (Phi) is 5.97. The maximum atomic E-state index is 10.2. The normalized spacial score (nSPS) is 13.4. The fourth-order valence-electron chi connectivity index (χ4n) is 2.29. The first-order chi connectivity index (χ1) is 10.6. The lowest BCUT2D eigenvalue weighted by molar-refractivity contribution is 0.170. The molecule has 2 rings (SSSR count). The van der Waals surface area contributed by atoms with E-state index in [9.17, 15) is 5.11 Å². The fraction of sp³-hybridized carbons (Fsp3) is 0.278. The Morgan fingerprint density at radius 1 is 1.23 bits per heavy atom. The van der Waals surface area contributed by atoms with E-state index in [1.54, 1.807) is 12.1 Å². The highest BCUT2D eigenvalue weighted by Crippen LogP contribution is 2.17. The quantitative estimate of drug-likeness (QED) is 0.858. The molecule has 0 spiro atoms. The second-order valence-electron chi connectivity index (χ2n) is 5.39. The average Bonchev–Trinajstić information content (AvgIpc) is 2.53. The van der Waals surface area contributed by atoms with Crippen LogP contribution in [0.1, 0.15) is 29.7 Å². The van der Waals surface area contributed by atoms with Crippen LogP contribution >= 0.6 is 11.6 Å². The van der Waals surface area contributed by atoms with Crippen LogP contribution in [0.3, 0.4) is 0 Å². The number of hydrogen-bond donors (Lipinski definition) is 2. The van der Waals surface area contributed by atoms with E-state index >= 15 is 0 Å². The number of aliphatic hydroxyl groups excluding tert-OH is 1. The van der Waals surface area contributed by atoms with E-state index in [0.29, 0.717) is 17.1 Å². The van der Waals surface area contributed by atoms with E-state index in [4.69, 9.17) is 16.9 Å². The minimum Gasteiger partial charge on any atom is -0.387 e. The van der Waals surface area contributed by atoms with Crippen molar-refractivity contribution in [2.45, 2.75) is 25.5 Å². The van der Waals surface area contributed by atoms with Gasteiger partial charge in [-0.25, -0.2) is 0 Å². The Bertz CT molecular complexity index is 649. The molecule has 22 heavy (non-hydrogen) atoms. The molecule has 0 saturated heterocycles. The number of halogens is 1. The van der Waals surface area contributed by atoms with Gasteiger partial charge < -0.3 is 10.4 Å². The van der Waals surface area contributed by atoms with Gasteiger partial charge in [0.05, 0.1) is 17.7 Å². The van der Waals surface area contributed by atoms with Gasteiger partial charge >= 0.3 is 0 Å². The maximum absolute atomic E-state index is 10.2. The minimum atomic E-state index is -0.581. The van der Waals surface area contributed by atoms with Crippen molar-refractivity contribution in [3.63, 3.8) is 0 Å². The second-order valence-corrected chi connectivity index (χ2v) is 5.83. The van der Waals surface area contributed by atoms with Crippen molar-refractivity contribution in [1.29, 1.82) is 5.26 Å². The maximum Gasteiger partial charge on any atom is 0.0991 e. The van der Waals surface area contributed by atoms with Crippen molar-refractivity contribution in [1.82, 2.24) is 5.32 Å². The minimum absolute atomic E-state index is 0.224. The summed E-state index contributed by atoms with van der Waals surface area (Å²) >= 11 is 5.93. The number of nitrogens with one attached hydrogen (secondary N) is 1. The van der Waals surface area contributed by atoms with Gasteiger partial charge in [0.15, 0.2) is 0 Å². The van der Waals surface area contributed by atoms with Crippen LogP contribution in [0.4, 0.5) is 0 Å². The Balaban J connectivity index is 1.84. The van der Waals surface area contributed by atoms with E-state index in [1.165, 1.54) is 0 Å². The zero-order valence-electron chi connectivity index (χ0n) is 12.5. The molecule has 2 unspecified atom stereocenters. The van der Waals surface area contributed by atoms with E-state index in [1.807, 2.05) is 36.4 Å². The Morgan fingerprint density at radius 2 is 1.95 bits per heavy atom. The number of benzene rings is 2. The number of rotatable bonds is 6. The molecule has 2 aromatic rings. The van der Waals surface area contributed by atoms with Crippen molar-refractivity contribution < 1.29 is 5.11 Å². The van der Waals surface area contributed by atoms with E-state index in [0.717, 1.165) is 17.5 Å². The molecule has 114 valence electrons. The highest BCUT2D eigenvalue weighted by Gasteiger charge is 2.10. The summed E-state index contributed by atoms with van der Waals surface area (Å²) in [7, 11) is 0. The third-order valence-corrected chi connectivity index (χ3v) is 3.75. The summed E-state index contributed by atoms with van der Waals surface area (Å²) in [5.41, 5.74) is 2.64. The van der Waals surface area contributed by atoms with Crippen LogP contribution in [-0.2, 0) is 6.42 Å². The third kappa shape index (κ3) is 4.85. The molecule has 0 aliphatic rings. The van der Waals surface area contributed by atoms with Crippen LogP contribution in [0.15, 0.2) is 48.5 Å². The van der Waals surface area contributed by atoms with Crippen molar-refractivity contribution in [2.75, 3.05) is 6.54 Å². The molecule has 0 aliphatic carbocycles. The first-order valence-corrected chi connectivity index (χ1v) is 7.62. The summed E-state index contributed by atoms with van der Waals surface area (Å²) in [5, 5.41) is 22.9. The van der Waals surface area contributed by atoms with E-state index in [2.05, 4.69) is 18.3 Å². The number of aliphatic hydroxyl groups is 1. The zero-order chi connectivity index (χ0) is 15.9. The van der Waals surface area contributed by atoms with Crippen LogP contribution in [0.2, 0.25) is 5.02 Å². The molecule has 4 heteroatoms. The van der Waals surface area contributed by atoms with Crippen molar-refractivity contribution in [2.24, 2.45) is 0 Å². The van der Waals surface area contributed by atoms with Gasteiger partial charge in [0.1, 0.15) is 0 Å². The largest absolute Gasteiger partial charge is 0.387 e. The predicted molar refractivity (Wildman–Crippen MR) is 88.7 cm³/mol. The lowest BCUT2D eigenvalue weighted by atomic mass is 10.0. The smallest absolute Gasteiger partial charge is 0.0991 e. The van der Waals surface area contributed by atoms with Gasteiger partial charge in [-0.3, -0.25) is 0 Å². The van der Waals surface area contributed by atoms with Crippen molar-refractivity contribution >= 4 is 11.6 Å². The van der Waals surface area contributed by atoms with Gasteiger partial charge in [0.2, 0.25) is 0 Å².